The Bertz CT molecular complexity index is 116. The second-order valence-electron chi connectivity index (χ2n) is 2.82. The molecule has 0 heterocycles. The highest BCUT2D eigenvalue weighted by molar-refractivity contribution is 7.98. The average Bonchev–Trinajstić information content (AvgIpc) is 2.01. The van der Waals surface area contributed by atoms with Crippen LogP contribution in [0.25, 0.3) is 0 Å². The van der Waals surface area contributed by atoms with Gasteiger partial charge in [-0.05, 0) is 31.4 Å². The highest BCUT2D eigenvalue weighted by Gasteiger charge is 2.25. The molecular weight excluding hydrogens is 199 g/mol. The Morgan fingerprint density at radius 2 is 1.85 bits per heavy atom. The Labute approximate surface area is 81.5 Å². The van der Waals surface area contributed by atoms with Crippen LogP contribution < -0.4 is 5.32 Å². The van der Waals surface area contributed by atoms with E-state index in [9.17, 15) is 13.2 Å². The molecule has 0 aromatic rings. The Morgan fingerprint density at radius 1 is 1.15 bits per heavy atom. The average molecular weight is 215 g/mol. The van der Waals surface area contributed by atoms with E-state index in [2.05, 4.69) is 5.32 Å². The summed E-state index contributed by atoms with van der Waals surface area (Å²) in [5.74, 6) is 1.08. The van der Waals surface area contributed by atoms with E-state index in [1.54, 1.807) is 11.8 Å². The highest BCUT2D eigenvalue weighted by Crippen LogP contribution is 2.17. The number of thioether (sulfide) groups is 1. The quantitative estimate of drug-likeness (QED) is 0.655. The normalized spacial score (nSPS) is 12.0. The maximum atomic E-state index is 11.6. The fraction of sp³-hybridized carbons (Fsp3) is 1.00. The number of nitrogens with one attached hydrogen (secondary N) is 1. The van der Waals surface area contributed by atoms with Gasteiger partial charge in [-0.2, -0.15) is 24.9 Å². The molecule has 0 aliphatic rings. The van der Waals surface area contributed by atoms with Crippen molar-refractivity contribution >= 4 is 11.8 Å². The van der Waals surface area contributed by atoms with Gasteiger partial charge in [0.1, 0.15) is 0 Å². The molecule has 0 unspecified atom stereocenters. The fourth-order valence-electron chi connectivity index (χ4n) is 0.852. The van der Waals surface area contributed by atoms with Crippen LogP contribution >= 0.6 is 11.8 Å². The number of alkyl halides is 3. The summed E-state index contributed by atoms with van der Waals surface area (Å²) in [5, 5.41) is 2.77. The standard InChI is InChI=1S/C8H16F3NS/c1-13-7-3-2-5-12-6-4-8(9,10)11/h12H,2-7H2,1H3. The van der Waals surface area contributed by atoms with Crippen LogP contribution in [0, 0.1) is 0 Å². The number of unbranched alkanes of at least 4 members (excludes halogenated alkanes) is 1. The van der Waals surface area contributed by atoms with Crippen molar-refractivity contribution in [3.8, 4) is 0 Å². The van der Waals surface area contributed by atoms with Crippen molar-refractivity contribution in [3.05, 3.63) is 0 Å². The second kappa shape index (κ2) is 7.50. The molecule has 0 rings (SSSR count). The van der Waals surface area contributed by atoms with E-state index < -0.39 is 12.6 Å². The lowest BCUT2D eigenvalue weighted by Gasteiger charge is -2.06. The molecule has 0 spiro atoms. The minimum atomic E-state index is -4.02. The SMILES string of the molecule is CSCCCCNCCC(F)(F)F. The monoisotopic (exact) mass is 215 g/mol. The van der Waals surface area contributed by atoms with Crippen molar-refractivity contribution in [2.75, 3.05) is 25.1 Å². The molecular formula is C8H16F3NS. The van der Waals surface area contributed by atoms with Gasteiger partial charge in [-0.1, -0.05) is 0 Å². The summed E-state index contributed by atoms with van der Waals surface area (Å²) in [6.45, 7) is 0.736. The summed E-state index contributed by atoms with van der Waals surface area (Å²) >= 11 is 1.76. The zero-order chi connectivity index (χ0) is 10.2. The van der Waals surface area contributed by atoms with Gasteiger partial charge in [-0.25, -0.2) is 0 Å². The Morgan fingerprint density at radius 3 is 2.38 bits per heavy atom. The van der Waals surface area contributed by atoms with Crippen molar-refractivity contribution in [2.24, 2.45) is 0 Å². The second-order valence-corrected chi connectivity index (χ2v) is 3.80. The first kappa shape index (κ1) is 13.1. The number of halogens is 3. The van der Waals surface area contributed by atoms with Crippen LogP contribution in [0.5, 0.6) is 0 Å². The van der Waals surface area contributed by atoms with Gasteiger partial charge in [-0.15, -0.1) is 0 Å². The minimum Gasteiger partial charge on any atom is -0.316 e. The van der Waals surface area contributed by atoms with E-state index in [1.165, 1.54) is 0 Å². The largest absolute Gasteiger partial charge is 0.390 e. The summed E-state index contributed by atoms with van der Waals surface area (Å²) < 4.78 is 34.9. The van der Waals surface area contributed by atoms with Gasteiger partial charge in [0.2, 0.25) is 0 Å². The van der Waals surface area contributed by atoms with E-state index in [4.69, 9.17) is 0 Å². The van der Waals surface area contributed by atoms with Gasteiger partial charge < -0.3 is 5.32 Å². The molecule has 0 aromatic carbocycles. The number of hydrogen-bond donors (Lipinski definition) is 1. The molecule has 0 saturated carbocycles. The maximum absolute atomic E-state index is 11.6. The van der Waals surface area contributed by atoms with Crippen molar-refractivity contribution in [2.45, 2.75) is 25.4 Å². The highest BCUT2D eigenvalue weighted by atomic mass is 32.2. The summed E-state index contributed by atoms with van der Waals surface area (Å²) in [5.41, 5.74) is 0. The fourth-order valence-corrected chi connectivity index (χ4v) is 1.34. The Hall–Kier alpha value is 0.100. The van der Waals surface area contributed by atoms with E-state index in [0.717, 1.165) is 18.6 Å². The minimum absolute atomic E-state index is 0.0444. The third-order valence-corrected chi connectivity index (χ3v) is 2.23. The van der Waals surface area contributed by atoms with Crippen LogP contribution in [0.3, 0.4) is 0 Å². The van der Waals surface area contributed by atoms with Crippen LogP contribution in [0.1, 0.15) is 19.3 Å². The first-order chi connectivity index (χ1) is 6.06. The molecule has 13 heavy (non-hydrogen) atoms. The molecule has 80 valence electrons. The van der Waals surface area contributed by atoms with Crippen LogP contribution in [-0.4, -0.2) is 31.3 Å². The summed E-state index contributed by atoms with van der Waals surface area (Å²) in [6, 6.07) is 0. The van der Waals surface area contributed by atoms with Crippen molar-refractivity contribution in [1.29, 1.82) is 0 Å². The van der Waals surface area contributed by atoms with Crippen LogP contribution in [-0.2, 0) is 0 Å². The predicted octanol–water partition coefficient (Wildman–Crippen LogP) is 2.67. The van der Waals surface area contributed by atoms with E-state index in [1.807, 2.05) is 6.26 Å². The number of rotatable bonds is 7. The summed E-state index contributed by atoms with van der Waals surface area (Å²) in [4.78, 5) is 0. The van der Waals surface area contributed by atoms with E-state index in [0.29, 0.717) is 6.54 Å². The molecule has 0 radical (unpaired) electrons. The van der Waals surface area contributed by atoms with Gasteiger partial charge in [0, 0.05) is 6.54 Å². The molecule has 0 saturated heterocycles. The molecule has 0 fully saturated rings. The zero-order valence-corrected chi connectivity index (χ0v) is 8.60. The molecule has 0 aliphatic carbocycles. The van der Waals surface area contributed by atoms with Crippen LogP contribution in [0.4, 0.5) is 13.2 Å². The van der Waals surface area contributed by atoms with Crippen molar-refractivity contribution < 1.29 is 13.2 Å². The van der Waals surface area contributed by atoms with Crippen LogP contribution in [0.2, 0.25) is 0 Å². The lowest BCUT2D eigenvalue weighted by Crippen LogP contribution is -2.22. The van der Waals surface area contributed by atoms with Gasteiger partial charge in [0.05, 0.1) is 6.42 Å². The third-order valence-electron chi connectivity index (χ3n) is 1.54. The summed E-state index contributed by atoms with van der Waals surface area (Å²) in [6.07, 6.45) is -0.697. The maximum Gasteiger partial charge on any atom is 0.390 e. The smallest absolute Gasteiger partial charge is 0.316 e. The van der Waals surface area contributed by atoms with Gasteiger partial charge in [-0.3, -0.25) is 0 Å². The van der Waals surface area contributed by atoms with Crippen LogP contribution in [0.15, 0.2) is 0 Å². The topological polar surface area (TPSA) is 12.0 Å². The molecule has 1 N–H and O–H groups in total. The molecule has 0 aromatic heterocycles. The molecule has 5 heteroatoms. The summed E-state index contributed by atoms with van der Waals surface area (Å²) in [7, 11) is 0. The zero-order valence-electron chi connectivity index (χ0n) is 7.78. The lowest BCUT2D eigenvalue weighted by atomic mass is 10.3. The molecule has 1 nitrogen and oxygen atoms in total. The van der Waals surface area contributed by atoms with Gasteiger partial charge in [0.25, 0.3) is 0 Å². The third kappa shape index (κ3) is 12.1. The van der Waals surface area contributed by atoms with Gasteiger partial charge >= 0.3 is 6.18 Å². The molecule has 0 amide bonds. The molecule has 0 aliphatic heterocycles. The van der Waals surface area contributed by atoms with Gasteiger partial charge in [0.15, 0.2) is 0 Å². The van der Waals surface area contributed by atoms with Crippen molar-refractivity contribution in [1.82, 2.24) is 5.32 Å². The predicted molar refractivity (Wildman–Crippen MR) is 51.2 cm³/mol. The Kier molecular flexibility index (Phi) is 7.56. The first-order valence-corrected chi connectivity index (χ1v) is 5.72. The van der Waals surface area contributed by atoms with E-state index in [-0.39, 0.29) is 6.54 Å². The molecule has 0 atom stereocenters. The molecule has 0 bridgehead atoms. The lowest BCUT2D eigenvalue weighted by molar-refractivity contribution is -0.133. The first-order valence-electron chi connectivity index (χ1n) is 4.32. The number of hydrogen-bond acceptors (Lipinski definition) is 2. The van der Waals surface area contributed by atoms with E-state index >= 15 is 0 Å². The van der Waals surface area contributed by atoms with Crippen molar-refractivity contribution in [3.63, 3.8) is 0 Å². The Balaban J connectivity index is 3.00.